The van der Waals surface area contributed by atoms with Crippen LogP contribution in [-0.4, -0.2) is 6.61 Å². The Kier molecular flexibility index (Phi) is 5.25. The van der Waals surface area contributed by atoms with E-state index >= 15 is 0 Å². The van der Waals surface area contributed by atoms with E-state index < -0.39 is 22.2 Å². The summed E-state index contributed by atoms with van der Waals surface area (Å²) in [7, 11) is 0. The number of hydrogen-bond acceptors (Lipinski definition) is 1. The first-order valence-corrected chi connectivity index (χ1v) is 9.28. The standard InChI is InChI=1S/C10H9.C2H4O.2ClH.Zr/c1-8-6-9-4-2-3-5-10(9)7-8;1-2-3;;;/h2-7H,1H3;1-2H2;2*1H;/q;-1;;;+3/p-2. The van der Waals surface area contributed by atoms with E-state index in [1.54, 1.807) is 11.1 Å². The first kappa shape index (κ1) is 14.4. The molecule has 1 unspecified atom stereocenters. The molecule has 1 heterocycles. The summed E-state index contributed by atoms with van der Waals surface area (Å²) in [6.07, 6.45) is 2.34. The van der Waals surface area contributed by atoms with Gasteiger partial charge in [0.05, 0.1) is 0 Å². The average molecular weight is 335 g/mol. The van der Waals surface area contributed by atoms with Gasteiger partial charge in [0.25, 0.3) is 0 Å². The van der Waals surface area contributed by atoms with Crippen LogP contribution in [-0.2, 0) is 25.0 Å². The van der Waals surface area contributed by atoms with Crippen LogP contribution in [0.5, 0.6) is 0 Å². The van der Waals surface area contributed by atoms with E-state index in [9.17, 15) is 0 Å². The van der Waals surface area contributed by atoms with E-state index in [0.29, 0.717) is 0 Å². The SMILES string of the molecule is CC1=Cc2ccccc2[CH]1[Zr+2]1[CH2]C[O]1.[Cl-].[Cl-]. The molecule has 1 aromatic rings. The largest absolute Gasteiger partial charge is 1.00 e. The molecule has 0 saturated carbocycles. The molecule has 1 atom stereocenters. The molecule has 0 radical (unpaired) electrons. The van der Waals surface area contributed by atoms with E-state index in [1.165, 1.54) is 9.69 Å². The Bertz CT molecular complexity index is 402. The molecule has 1 aliphatic heterocycles. The summed E-state index contributed by atoms with van der Waals surface area (Å²) in [5.41, 5.74) is 4.51. The van der Waals surface area contributed by atoms with Crippen molar-refractivity contribution in [3.63, 3.8) is 0 Å². The van der Waals surface area contributed by atoms with Crippen LogP contribution >= 0.6 is 0 Å². The van der Waals surface area contributed by atoms with Crippen LogP contribution < -0.4 is 24.8 Å². The quantitative estimate of drug-likeness (QED) is 0.536. The number of benzene rings is 1. The van der Waals surface area contributed by atoms with Gasteiger partial charge >= 0.3 is 93.3 Å². The molecule has 0 aromatic heterocycles. The van der Waals surface area contributed by atoms with Gasteiger partial charge in [0, 0.05) is 0 Å². The van der Waals surface area contributed by atoms with Gasteiger partial charge in [-0.05, 0) is 0 Å². The monoisotopic (exact) mass is 333 g/mol. The Morgan fingerprint density at radius 1 is 1.25 bits per heavy atom. The Balaban J connectivity index is 0.000000640. The fraction of sp³-hybridized carbons (Fsp3) is 0.333. The predicted octanol–water partition coefficient (Wildman–Crippen LogP) is -2.87. The third-order valence-electron chi connectivity index (χ3n) is 3.10. The molecule has 85 valence electrons. The maximum atomic E-state index is 5.80. The maximum absolute atomic E-state index is 5.80. The van der Waals surface area contributed by atoms with E-state index in [-0.39, 0.29) is 24.8 Å². The first-order chi connectivity index (χ1) is 6.86. The fourth-order valence-corrected chi connectivity index (χ4v) is 7.51. The summed E-state index contributed by atoms with van der Waals surface area (Å²) in [6, 6.07) is 8.78. The number of fused-ring (bicyclic) bond motifs is 1. The molecule has 1 fully saturated rings. The first-order valence-electron chi connectivity index (χ1n) is 5.12. The second kappa shape index (κ2) is 5.82. The van der Waals surface area contributed by atoms with Crippen molar-refractivity contribution in [3.8, 4) is 0 Å². The second-order valence-electron chi connectivity index (χ2n) is 4.02. The van der Waals surface area contributed by atoms with Crippen molar-refractivity contribution in [2.45, 2.75) is 14.7 Å². The zero-order valence-corrected chi connectivity index (χ0v) is 13.0. The molecular formula is C12H13Cl2OZr. The van der Waals surface area contributed by atoms with Crippen LogP contribution in [0.25, 0.3) is 6.08 Å². The second-order valence-corrected chi connectivity index (χ2v) is 9.67. The molecular weight excluding hydrogens is 322 g/mol. The van der Waals surface area contributed by atoms with Crippen molar-refractivity contribution < 1.29 is 49.8 Å². The van der Waals surface area contributed by atoms with E-state index in [1.807, 2.05) is 0 Å². The molecule has 4 heteroatoms. The number of rotatable bonds is 1. The molecule has 2 aliphatic rings. The van der Waals surface area contributed by atoms with Gasteiger partial charge in [0.15, 0.2) is 0 Å². The zero-order chi connectivity index (χ0) is 9.54. The molecule has 1 nitrogen and oxygen atoms in total. The normalized spacial score (nSPS) is 21.2. The number of halogens is 2. The maximum Gasteiger partial charge on any atom is -1.00 e. The van der Waals surface area contributed by atoms with Crippen molar-refractivity contribution in [1.29, 1.82) is 0 Å². The van der Waals surface area contributed by atoms with Crippen molar-refractivity contribution in [2.24, 2.45) is 0 Å². The summed E-state index contributed by atoms with van der Waals surface area (Å²) in [4.78, 5) is 0. The van der Waals surface area contributed by atoms with Crippen LogP contribution in [0.15, 0.2) is 29.8 Å². The topological polar surface area (TPSA) is 9.23 Å². The van der Waals surface area contributed by atoms with Gasteiger partial charge in [-0.1, -0.05) is 0 Å². The molecule has 1 aliphatic carbocycles. The van der Waals surface area contributed by atoms with Gasteiger partial charge in [0.2, 0.25) is 0 Å². The van der Waals surface area contributed by atoms with E-state index in [0.717, 1.165) is 10.2 Å². The van der Waals surface area contributed by atoms with Crippen LogP contribution in [0, 0.1) is 0 Å². The fourth-order valence-electron chi connectivity index (χ4n) is 2.35. The molecule has 0 N–H and O–H groups in total. The number of allylic oxidation sites excluding steroid dienone is 1. The van der Waals surface area contributed by atoms with Crippen LogP contribution in [0.3, 0.4) is 0 Å². The van der Waals surface area contributed by atoms with Crippen molar-refractivity contribution >= 4 is 6.08 Å². The van der Waals surface area contributed by atoms with Gasteiger partial charge in [-0.2, -0.15) is 0 Å². The Morgan fingerprint density at radius 2 is 1.94 bits per heavy atom. The summed E-state index contributed by atoms with van der Waals surface area (Å²) >= 11 is -1.48. The Morgan fingerprint density at radius 3 is 2.56 bits per heavy atom. The van der Waals surface area contributed by atoms with Crippen LogP contribution in [0.4, 0.5) is 0 Å². The summed E-state index contributed by atoms with van der Waals surface area (Å²) in [5.74, 6) is 0. The number of hydrogen-bond donors (Lipinski definition) is 0. The van der Waals surface area contributed by atoms with Gasteiger partial charge in [-0.25, -0.2) is 0 Å². The minimum Gasteiger partial charge on any atom is -1.00 e. The van der Waals surface area contributed by atoms with E-state index in [4.69, 9.17) is 2.81 Å². The van der Waals surface area contributed by atoms with Crippen molar-refractivity contribution in [1.82, 2.24) is 0 Å². The molecule has 1 saturated heterocycles. The van der Waals surface area contributed by atoms with Gasteiger partial charge in [-0.15, -0.1) is 0 Å². The summed E-state index contributed by atoms with van der Waals surface area (Å²) < 4.78 is 7.93. The smallest absolute Gasteiger partial charge is 1.00 e. The Hall–Kier alpha value is 0.383. The third kappa shape index (κ3) is 2.31. The minimum atomic E-state index is -1.48. The van der Waals surface area contributed by atoms with Crippen molar-refractivity contribution in [2.75, 3.05) is 6.61 Å². The van der Waals surface area contributed by atoms with Gasteiger partial charge < -0.3 is 24.8 Å². The van der Waals surface area contributed by atoms with Crippen LogP contribution in [0.2, 0.25) is 4.13 Å². The van der Waals surface area contributed by atoms with Crippen LogP contribution in [0.1, 0.15) is 21.7 Å². The zero-order valence-electron chi connectivity index (χ0n) is 9.04. The molecule has 0 amide bonds. The van der Waals surface area contributed by atoms with Gasteiger partial charge in [0.1, 0.15) is 0 Å². The summed E-state index contributed by atoms with van der Waals surface area (Å²) in [6.45, 7) is 3.29. The molecule has 0 bridgehead atoms. The van der Waals surface area contributed by atoms with Gasteiger partial charge in [-0.3, -0.25) is 0 Å². The summed E-state index contributed by atoms with van der Waals surface area (Å²) in [5, 5.41) is 0. The minimum absolute atomic E-state index is 0. The Labute approximate surface area is 117 Å². The average Bonchev–Trinajstić information content (AvgIpc) is 2.41. The molecule has 16 heavy (non-hydrogen) atoms. The van der Waals surface area contributed by atoms with E-state index in [2.05, 4.69) is 37.3 Å². The predicted molar refractivity (Wildman–Crippen MR) is 53.6 cm³/mol. The molecule has 0 spiro atoms. The van der Waals surface area contributed by atoms with Crippen molar-refractivity contribution in [3.05, 3.63) is 41.0 Å². The third-order valence-corrected chi connectivity index (χ3v) is 9.70. The molecule has 3 rings (SSSR count). The molecule has 1 aromatic carbocycles.